The van der Waals surface area contributed by atoms with Gasteiger partial charge in [0.25, 0.3) is 0 Å². The van der Waals surface area contributed by atoms with Crippen LogP contribution in [0.15, 0.2) is 18.2 Å². The Morgan fingerprint density at radius 3 is 2.83 bits per heavy atom. The summed E-state index contributed by atoms with van der Waals surface area (Å²) in [7, 11) is 0. The van der Waals surface area contributed by atoms with E-state index < -0.39 is 29.5 Å². The number of rotatable bonds is 3. The predicted octanol–water partition coefficient (Wildman–Crippen LogP) is 2.91. The molecule has 1 aromatic carbocycles. The van der Waals surface area contributed by atoms with Gasteiger partial charge in [0.2, 0.25) is 0 Å². The molecule has 0 amide bonds. The van der Waals surface area contributed by atoms with Gasteiger partial charge >= 0.3 is 6.18 Å². The lowest BCUT2D eigenvalue weighted by molar-refractivity contribution is -0.145. The molecule has 0 radical (unpaired) electrons. The van der Waals surface area contributed by atoms with E-state index in [-0.39, 0.29) is 23.7 Å². The number of hydrogen-bond acceptors (Lipinski definition) is 6. The van der Waals surface area contributed by atoms with Crippen molar-refractivity contribution in [1.82, 2.24) is 4.98 Å². The number of benzene rings is 1. The molecule has 0 aliphatic carbocycles. The number of aromatic nitrogens is 1. The number of nitriles is 1. The van der Waals surface area contributed by atoms with Crippen molar-refractivity contribution in [3.05, 3.63) is 28.8 Å². The first kappa shape index (κ1) is 16.8. The average Bonchev–Trinajstić information content (AvgIpc) is 2.98. The number of thiazole rings is 1. The number of carbonyl (C=O) groups excluding carboxylic acids is 1. The van der Waals surface area contributed by atoms with E-state index in [4.69, 9.17) is 9.47 Å². The molecule has 0 N–H and O–H groups in total. The van der Waals surface area contributed by atoms with Crippen LogP contribution >= 0.6 is 11.3 Å². The molecule has 1 saturated heterocycles. The number of hydrogen-bond donors (Lipinski definition) is 0. The van der Waals surface area contributed by atoms with Crippen LogP contribution in [0.1, 0.15) is 16.5 Å². The minimum atomic E-state index is -4.48. The highest BCUT2D eigenvalue weighted by Gasteiger charge is 2.34. The first-order valence-corrected chi connectivity index (χ1v) is 7.82. The van der Waals surface area contributed by atoms with E-state index in [9.17, 15) is 23.2 Å². The molecule has 9 heteroatoms. The van der Waals surface area contributed by atoms with Crippen LogP contribution in [-0.2, 0) is 20.4 Å². The molecule has 2 unspecified atom stereocenters. The van der Waals surface area contributed by atoms with Gasteiger partial charge in [-0.3, -0.25) is 4.79 Å². The first-order valence-electron chi connectivity index (χ1n) is 7.00. The van der Waals surface area contributed by atoms with Crippen LogP contribution in [-0.4, -0.2) is 36.7 Å². The summed E-state index contributed by atoms with van der Waals surface area (Å²) in [5.41, 5.74) is -0.714. The molecule has 1 fully saturated rings. The Morgan fingerprint density at radius 1 is 1.42 bits per heavy atom. The lowest BCUT2D eigenvalue weighted by atomic mass is 10.0. The van der Waals surface area contributed by atoms with Gasteiger partial charge in [0, 0.05) is 0 Å². The Labute approximate surface area is 138 Å². The number of alkyl halides is 3. The highest BCUT2D eigenvalue weighted by molar-refractivity contribution is 7.18. The third kappa shape index (κ3) is 3.26. The molecule has 2 heterocycles. The van der Waals surface area contributed by atoms with Gasteiger partial charge in [-0.1, -0.05) is 0 Å². The lowest BCUT2D eigenvalue weighted by Gasteiger charge is -2.22. The molecular formula is C15H11F3N2O3S. The van der Waals surface area contributed by atoms with Crippen molar-refractivity contribution < 1.29 is 27.4 Å². The van der Waals surface area contributed by atoms with E-state index in [1.54, 1.807) is 0 Å². The van der Waals surface area contributed by atoms with Gasteiger partial charge in [-0.2, -0.15) is 18.4 Å². The molecule has 2 atom stereocenters. The van der Waals surface area contributed by atoms with Gasteiger partial charge in [0.1, 0.15) is 11.1 Å². The molecule has 2 aromatic rings. The van der Waals surface area contributed by atoms with Crippen LogP contribution in [0.2, 0.25) is 0 Å². The summed E-state index contributed by atoms with van der Waals surface area (Å²) in [5.74, 6) is -1.68. The lowest BCUT2D eigenvalue weighted by Crippen LogP contribution is -2.38. The molecule has 0 bridgehead atoms. The number of nitrogens with zero attached hydrogens (tertiary/aromatic N) is 2. The van der Waals surface area contributed by atoms with Crippen molar-refractivity contribution in [2.75, 3.05) is 19.8 Å². The number of fused-ring (bicyclic) bond motifs is 1. The summed E-state index contributed by atoms with van der Waals surface area (Å²) in [6, 6.07) is 5.01. The number of halogens is 3. The smallest absolute Gasteiger partial charge is 0.376 e. The van der Waals surface area contributed by atoms with Crippen molar-refractivity contribution in [1.29, 1.82) is 5.26 Å². The van der Waals surface area contributed by atoms with E-state index in [0.29, 0.717) is 11.3 Å². The summed E-state index contributed by atoms with van der Waals surface area (Å²) in [5, 5.41) is 9.47. The number of Topliss-reactive ketones (excluding diaryl/α,β-unsaturated/α-hetero) is 1. The van der Waals surface area contributed by atoms with Crippen LogP contribution in [0, 0.1) is 11.3 Å². The van der Waals surface area contributed by atoms with E-state index in [1.807, 2.05) is 6.07 Å². The molecule has 126 valence electrons. The van der Waals surface area contributed by atoms with Crippen LogP contribution in [0.5, 0.6) is 0 Å². The van der Waals surface area contributed by atoms with Crippen molar-refractivity contribution in [3.8, 4) is 6.07 Å². The largest absolute Gasteiger partial charge is 0.416 e. The second-order valence-electron chi connectivity index (χ2n) is 5.13. The van der Waals surface area contributed by atoms with Gasteiger partial charge in [-0.25, -0.2) is 4.98 Å². The van der Waals surface area contributed by atoms with Gasteiger partial charge < -0.3 is 9.47 Å². The minimum Gasteiger partial charge on any atom is -0.376 e. The second-order valence-corrected chi connectivity index (χ2v) is 6.19. The van der Waals surface area contributed by atoms with Gasteiger partial charge in [0.05, 0.1) is 41.7 Å². The molecule has 1 aromatic heterocycles. The van der Waals surface area contributed by atoms with Crippen molar-refractivity contribution >= 4 is 27.3 Å². The van der Waals surface area contributed by atoms with Gasteiger partial charge in [-0.15, -0.1) is 11.3 Å². The van der Waals surface area contributed by atoms with Gasteiger partial charge in [0.15, 0.2) is 11.7 Å². The fraction of sp³-hybridized carbons (Fsp3) is 0.400. The third-order valence-electron chi connectivity index (χ3n) is 3.53. The standard InChI is InChI=1S/C15H11F3N2O3S/c16-15(17,18)8-1-2-12-10(5-8)20-14(24-12)9(6-19)13(21)11-7-22-3-4-23-11/h1-2,5,9,11H,3-4,7H2. The number of carbonyl (C=O) groups is 1. The summed E-state index contributed by atoms with van der Waals surface area (Å²) >= 11 is 1.02. The predicted molar refractivity (Wildman–Crippen MR) is 78.5 cm³/mol. The SMILES string of the molecule is N#CC(C(=O)C1COCCO1)c1nc2cc(C(F)(F)F)ccc2s1. The fourth-order valence-corrected chi connectivity index (χ4v) is 3.32. The summed E-state index contributed by atoms with van der Waals surface area (Å²) < 4.78 is 49.2. The third-order valence-corrected chi connectivity index (χ3v) is 4.63. The van der Waals surface area contributed by atoms with E-state index in [1.165, 1.54) is 6.07 Å². The van der Waals surface area contributed by atoms with Crippen molar-refractivity contribution in [2.24, 2.45) is 0 Å². The normalized spacial score (nSPS) is 19.8. The molecule has 3 rings (SSSR count). The summed E-state index contributed by atoms with van der Waals surface area (Å²) in [6.07, 6.45) is -5.34. The zero-order valence-corrected chi connectivity index (χ0v) is 13.0. The minimum absolute atomic E-state index is 0.0557. The first-order chi connectivity index (χ1) is 11.4. The second kappa shape index (κ2) is 6.47. The Balaban J connectivity index is 1.92. The molecule has 24 heavy (non-hydrogen) atoms. The number of ether oxygens (including phenoxy) is 2. The molecule has 5 nitrogen and oxygen atoms in total. The average molecular weight is 356 g/mol. The van der Waals surface area contributed by atoms with E-state index in [0.717, 1.165) is 23.5 Å². The molecule has 1 aliphatic rings. The van der Waals surface area contributed by atoms with Crippen LogP contribution < -0.4 is 0 Å². The van der Waals surface area contributed by atoms with Crippen LogP contribution in [0.4, 0.5) is 13.2 Å². The molecular weight excluding hydrogens is 345 g/mol. The van der Waals surface area contributed by atoms with Crippen LogP contribution in [0.3, 0.4) is 0 Å². The number of ketones is 1. The topological polar surface area (TPSA) is 72.2 Å². The van der Waals surface area contributed by atoms with E-state index >= 15 is 0 Å². The zero-order chi connectivity index (χ0) is 17.3. The summed E-state index contributed by atoms with van der Waals surface area (Å²) in [6.45, 7) is 0.686. The Morgan fingerprint density at radius 2 is 2.21 bits per heavy atom. The Hall–Kier alpha value is -2.02. The van der Waals surface area contributed by atoms with E-state index in [2.05, 4.69) is 4.98 Å². The highest BCUT2D eigenvalue weighted by Crippen LogP contribution is 2.34. The quantitative estimate of drug-likeness (QED) is 0.846. The maximum atomic E-state index is 12.8. The summed E-state index contributed by atoms with van der Waals surface area (Å²) in [4.78, 5) is 16.4. The Bertz CT molecular complexity index is 806. The van der Waals surface area contributed by atoms with Crippen molar-refractivity contribution in [3.63, 3.8) is 0 Å². The fourth-order valence-electron chi connectivity index (χ4n) is 2.32. The Kier molecular flexibility index (Phi) is 4.54. The van der Waals surface area contributed by atoms with Crippen LogP contribution in [0.25, 0.3) is 10.2 Å². The highest BCUT2D eigenvalue weighted by atomic mass is 32.1. The molecule has 1 aliphatic heterocycles. The zero-order valence-electron chi connectivity index (χ0n) is 12.2. The van der Waals surface area contributed by atoms with Crippen molar-refractivity contribution in [2.45, 2.75) is 18.2 Å². The maximum Gasteiger partial charge on any atom is 0.416 e. The van der Waals surface area contributed by atoms with Gasteiger partial charge in [-0.05, 0) is 18.2 Å². The monoisotopic (exact) mass is 356 g/mol. The molecule has 0 spiro atoms. The maximum absolute atomic E-state index is 12.8. The molecule has 0 saturated carbocycles.